The summed E-state index contributed by atoms with van der Waals surface area (Å²) < 4.78 is 26.1. The highest BCUT2D eigenvalue weighted by atomic mass is 19.1. The molecule has 0 aliphatic carbocycles. The van der Waals surface area contributed by atoms with Gasteiger partial charge < -0.3 is 10.4 Å². The molecular weight excluding hydrogens is 200 g/mol. The molecule has 0 saturated carbocycles. The van der Waals surface area contributed by atoms with E-state index < -0.39 is 11.6 Å². The molecule has 1 aromatic carbocycles. The number of aliphatic hydroxyl groups is 1. The molecule has 82 valence electrons. The molecule has 1 aliphatic heterocycles. The molecule has 1 saturated heterocycles. The van der Waals surface area contributed by atoms with Crippen molar-refractivity contribution in [2.45, 2.75) is 12.5 Å². The molecule has 0 radical (unpaired) electrons. The Morgan fingerprint density at radius 3 is 2.80 bits per heavy atom. The third-order valence-electron chi connectivity index (χ3n) is 2.82. The summed E-state index contributed by atoms with van der Waals surface area (Å²) in [4.78, 5) is 0. The van der Waals surface area contributed by atoms with E-state index in [9.17, 15) is 8.78 Å². The summed E-state index contributed by atoms with van der Waals surface area (Å²) in [7, 11) is 0. The standard InChI is InChI=1S/C11H13F2NO/c12-8-1-2-9(10(13)4-8)11-3-7(6-15)5-14-11/h1-2,4,7,11,14-15H,3,5-6H2. The maximum Gasteiger partial charge on any atom is 0.130 e. The lowest BCUT2D eigenvalue weighted by Crippen LogP contribution is -2.15. The third-order valence-corrected chi connectivity index (χ3v) is 2.82. The van der Waals surface area contributed by atoms with Crippen molar-refractivity contribution in [1.29, 1.82) is 0 Å². The Morgan fingerprint density at radius 2 is 2.20 bits per heavy atom. The first-order valence-corrected chi connectivity index (χ1v) is 5.00. The topological polar surface area (TPSA) is 32.3 Å². The number of nitrogens with one attached hydrogen (secondary N) is 1. The Bertz CT molecular complexity index is 356. The van der Waals surface area contributed by atoms with Crippen LogP contribution in [0.3, 0.4) is 0 Å². The predicted molar refractivity (Wildman–Crippen MR) is 52.3 cm³/mol. The van der Waals surface area contributed by atoms with Crippen LogP contribution in [0, 0.1) is 17.6 Å². The first-order chi connectivity index (χ1) is 7.20. The van der Waals surface area contributed by atoms with E-state index in [2.05, 4.69) is 5.32 Å². The largest absolute Gasteiger partial charge is 0.396 e. The highest BCUT2D eigenvalue weighted by Crippen LogP contribution is 2.28. The maximum absolute atomic E-state index is 13.4. The third kappa shape index (κ3) is 2.16. The molecule has 0 amide bonds. The average Bonchev–Trinajstić information content (AvgIpc) is 2.66. The summed E-state index contributed by atoms with van der Waals surface area (Å²) in [6.07, 6.45) is 0.694. The van der Waals surface area contributed by atoms with Gasteiger partial charge in [0.2, 0.25) is 0 Å². The van der Waals surface area contributed by atoms with Gasteiger partial charge in [0.15, 0.2) is 0 Å². The van der Waals surface area contributed by atoms with Crippen molar-refractivity contribution in [3.05, 3.63) is 35.4 Å². The fraction of sp³-hybridized carbons (Fsp3) is 0.455. The predicted octanol–water partition coefficient (Wildman–Crippen LogP) is 1.61. The molecule has 2 unspecified atom stereocenters. The second-order valence-corrected chi connectivity index (χ2v) is 3.91. The van der Waals surface area contributed by atoms with Crippen LogP contribution in [-0.4, -0.2) is 18.3 Å². The molecule has 0 spiro atoms. The molecule has 2 N–H and O–H groups in total. The number of halogens is 2. The van der Waals surface area contributed by atoms with Gasteiger partial charge >= 0.3 is 0 Å². The Kier molecular flexibility index (Phi) is 2.98. The molecule has 15 heavy (non-hydrogen) atoms. The van der Waals surface area contributed by atoms with Gasteiger partial charge in [0.05, 0.1) is 0 Å². The van der Waals surface area contributed by atoms with Crippen molar-refractivity contribution in [3.8, 4) is 0 Å². The Labute approximate surface area is 86.9 Å². The summed E-state index contributed by atoms with van der Waals surface area (Å²) in [5, 5.41) is 12.1. The second kappa shape index (κ2) is 4.24. The van der Waals surface area contributed by atoms with Crippen LogP contribution in [0.5, 0.6) is 0 Å². The lowest BCUT2D eigenvalue weighted by atomic mass is 10.0. The summed E-state index contributed by atoms with van der Waals surface area (Å²) in [6.45, 7) is 0.782. The lowest BCUT2D eigenvalue weighted by Gasteiger charge is -2.11. The first kappa shape index (κ1) is 10.5. The van der Waals surface area contributed by atoms with E-state index in [0.29, 0.717) is 18.5 Å². The molecule has 4 heteroatoms. The minimum Gasteiger partial charge on any atom is -0.396 e. The van der Waals surface area contributed by atoms with Crippen LogP contribution in [0.1, 0.15) is 18.0 Å². The van der Waals surface area contributed by atoms with Crippen LogP contribution < -0.4 is 5.32 Å². The van der Waals surface area contributed by atoms with E-state index in [4.69, 9.17) is 5.11 Å². The van der Waals surface area contributed by atoms with E-state index in [1.54, 1.807) is 0 Å². The van der Waals surface area contributed by atoms with Crippen molar-refractivity contribution in [1.82, 2.24) is 5.32 Å². The van der Waals surface area contributed by atoms with E-state index in [1.165, 1.54) is 12.1 Å². The number of benzene rings is 1. The number of hydrogen-bond donors (Lipinski definition) is 2. The fourth-order valence-electron chi connectivity index (χ4n) is 1.97. The molecule has 2 rings (SSSR count). The number of aliphatic hydroxyl groups excluding tert-OH is 1. The van der Waals surface area contributed by atoms with E-state index in [1.807, 2.05) is 0 Å². The van der Waals surface area contributed by atoms with Gasteiger partial charge in [-0.05, 0) is 18.4 Å². The quantitative estimate of drug-likeness (QED) is 0.782. The van der Waals surface area contributed by atoms with E-state index in [0.717, 1.165) is 6.07 Å². The van der Waals surface area contributed by atoms with Gasteiger partial charge in [0.1, 0.15) is 11.6 Å². The monoisotopic (exact) mass is 213 g/mol. The molecule has 0 bridgehead atoms. The molecule has 2 nitrogen and oxygen atoms in total. The van der Waals surface area contributed by atoms with Crippen LogP contribution in [0.2, 0.25) is 0 Å². The SMILES string of the molecule is OCC1CNC(c2ccc(F)cc2F)C1. The molecule has 1 heterocycles. The van der Waals surface area contributed by atoms with Crippen LogP contribution in [0.4, 0.5) is 8.78 Å². The first-order valence-electron chi connectivity index (χ1n) is 5.00. The van der Waals surface area contributed by atoms with Gasteiger partial charge in [-0.1, -0.05) is 6.07 Å². The van der Waals surface area contributed by atoms with Crippen molar-refractivity contribution in [3.63, 3.8) is 0 Å². The zero-order chi connectivity index (χ0) is 10.8. The van der Waals surface area contributed by atoms with Gasteiger partial charge in [0.25, 0.3) is 0 Å². The van der Waals surface area contributed by atoms with E-state index in [-0.39, 0.29) is 18.6 Å². The zero-order valence-electron chi connectivity index (χ0n) is 8.21. The molecule has 0 aromatic heterocycles. The summed E-state index contributed by atoms with van der Waals surface area (Å²) in [5.41, 5.74) is 0.479. The second-order valence-electron chi connectivity index (χ2n) is 3.91. The van der Waals surface area contributed by atoms with Gasteiger partial charge in [0, 0.05) is 30.8 Å². The van der Waals surface area contributed by atoms with Crippen molar-refractivity contribution < 1.29 is 13.9 Å². The van der Waals surface area contributed by atoms with Crippen LogP contribution in [0.15, 0.2) is 18.2 Å². The normalized spacial score (nSPS) is 25.8. The highest BCUT2D eigenvalue weighted by molar-refractivity contribution is 5.23. The average molecular weight is 213 g/mol. The van der Waals surface area contributed by atoms with Crippen molar-refractivity contribution in [2.24, 2.45) is 5.92 Å². The lowest BCUT2D eigenvalue weighted by molar-refractivity contribution is 0.235. The van der Waals surface area contributed by atoms with Crippen LogP contribution in [0.25, 0.3) is 0 Å². The van der Waals surface area contributed by atoms with Crippen LogP contribution in [-0.2, 0) is 0 Å². The van der Waals surface area contributed by atoms with Gasteiger partial charge in [-0.15, -0.1) is 0 Å². The van der Waals surface area contributed by atoms with Gasteiger partial charge in [-0.3, -0.25) is 0 Å². The smallest absolute Gasteiger partial charge is 0.130 e. The molecular formula is C11H13F2NO. The minimum atomic E-state index is -0.562. The van der Waals surface area contributed by atoms with E-state index >= 15 is 0 Å². The summed E-state index contributed by atoms with van der Waals surface area (Å²) in [6, 6.07) is 3.50. The van der Waals surface area contributed by atoms with Crippen molar-refractivity contribution in [2.75, 3.05) is 13.2 Å². The Morgan fingerprint density at radius 1 is 1.40 bits per heavy atom. The zero-order valence-corrected chi connectivity index (χ0v) is 8.21. The Hall–Kier alpha value is -1.00. The van der Waals surface area contributed by atoms with Gasteiger partial charge in [-0.25, -0.2) is 8.78 Å². The molecule has 1 fully saturated rings. The number of hydrogen-bond acceptors (Lipinski definition) is 2. The Balaban J connectivity index is 2.17. The summed E-state index contributed by atoms with van der Waals surface area (Å²) >= 11 is 0. The maximum atomic E-state index is 13.4. The summed E-state index contributed by atoms with van der Waals surface area (Å²) in [5.74, 6) is -0.918. The fourth-order valence-corrected chi connectivity index (χ4v) is 1.97. The molecule has 1 aliphatic rings. The molecule has 2 atom stereocenters. The number of rotatable bonds is 2. The minimum absolute atomic E-state index is 0.103. The molecule has 1 aromatic rings. The highest BCUT2D eigenvalue weighted by Gasteiger charge is 2.26. The van der Waals surface area contributed by atoms with Gasteiger partial charge in [-0.2, -0.15) is 0 Å². The van der Waals surface area contributed by atoms with Crippen molar-refractivity contribution >= 4 is 0 Å². The van der Waals surface area contributed by atoms with Crippen LogP contribution >= 0.6 is 0 Å².